The number of thioether (sulfide) groups is 1. The molecular formula is C19H23NO4S. The van der Waals surface area contributed by atoms with Gasteiger partial charge >= 0.3 is 5.97 Å². The van der Waals surface area contributed by atoms with Gasteiger partial charge in [-0.1, -0.05) is 18.9 Å². The van der Waals surface area contributed by atoms with Crippen LogP contribution in [0.3, 0.4) is 0 Å². The number of carbonyl (C=O) groups is 3. The van der Waals surface area contributed by atoms with Gasteiger partial charge in [-0.05, 0) is 43.4 Å². The Bertz CT molecular complexity index is 703. The van der Waals surface area contributed by atoms with Gasteiger partial charge in [0, 0.05) is 22.1 Å². The van der Waals surface area contributed by atoms with Crippen LogP contribution in [0.4, 0.5) is 0 Å². The molecule has 6 heteroatoms. The third kappa shape index (κ3) is 3.89. The minimum atomic E-state index is -1.06. The van der Waals surface area contributed by atoms with Crippen molar-refractivity contribution in [3.8, 4) is 0 Å². The molecule has 1 heterocycles. The van der Waals surface area contributed by atoms with Gasteiger partial charge in [-0.3, -0.25) is 14.4 Å². The molecule has 0 saturated heterocycles. The van der Waals surface area contributed by atoms with Crippen molar-refractivity contribution in [2.45, 2.75) is 43.4 Å². The Hall–Kier alpha value is -1.82. The van der Waals surface area contributed by atoms with E-state index in [1.807, 2.05) is 18.2 Å². The minimum Gasteiger partial charge on any atom is -0.480 e. The highest BCUT2D eigenvalue weighted by Crippen LogP contribution is 2.42. The fourth-order valence-electron chi connectivity index (χ4n) is 3.75. The lowest BCUT2D eigenvalue weighted by atomic mass is 9.76. The molecule has 2 N–H and O–H groups in total. The summed E-state index contributed by atoms with van der Waals surface area (Å²) in [4.78, 5) is 36.6. The third-order valence-corrected chi connectivity index (χ3v) is 6.52. The number of carboxylic acids is 1. The maximum atomic E-state index is 12.9. The van der Waals surface area contributed by atoms with E-state index in [1.54, 1.807) is 18.7 Å². The maximum Gasteiger partial charge on any atom is 0.322 e. The first-order chi connectivity index (χ1) is 12.0. The summed E-state index contributed by atoms with van der Waals surface area (Å²) in [6.45, 7) is 1.37. The van der Waals surface area contributed by atoms with E-state index < -0.39 is 11.9 Å². The van der Waals surface area contributed by atoms with Crippen LogP contribution in [-0.2, 0) is 9.59 Å². The second kappa shape index (κ2) is 7.60. The van der Waals surface area contributed by atoms with E-state index in [-0.39, 0.29) is 24.2 Å². The molecule has 0 spiro atoms. The van der Waals surface area contributed by atoms with Crippen molar-refractivity contribution < 1.29 is 19.5 Å². The number of nitrogens with one attached hydrogen (secondary N) is 1. The maximum absolute atomic E-state index is 12.9. The fourth-order valence-corrected chi connectivity index (χ4v) is 5.08. The Labute approximate surface area is 151 Å². The van der Waals surface area contributed by atoms with Crippen molar-refractivity contribution in [3.63, 3.8) is 0 Å². The van der Waals surface area contributed by atoms with Gasteiger partial charge < -0.3 is 10.4 Å². The SMILES string of the molecule is CC(C(=O)NCC(=O)O)c1ccc2c(c1)SCC1CCCCC1C2=O. The zero-order chi connectivity index (χ0) is 18.0. The minimum absolute atomic E-state index is 0.143. The summed E-state index contributed by atoms with van der Waals surface area (Å²) in [7, 11) is 0. The first-order valence-electron chi connectivity index (χ1n) is 8.78. The molecule has 5 nitrogen and oxygen atoms in total. The number of Topliss-reactive ketones (excluding diaryl/α,β-unsaturated/α-hetero) is 1. The molecule has 134 valence electrons. The van der Waals surface area contributed by atoms with Crippen LogP contribution in [0.15, 0.2) is 23.1 Å². The number of hydrogen-bond acceptors (Lipinski definition) is 4. The zero-order valence-electron chi connectivity index (χ0n) is 14.3. The summed E-state index contributed by atoms with van der Waals surface area (Å²) in [5, 5.41) is 11.1. The summed E-state index contributed by atoms with van der Waals surface area (Å²) >= 11 is 1.71. The molecule has 1 aliphatic carbocycles. The van der Waals surface area contributed by atoms with Crippen LogP contribution in [-0.4, -0.2) is 35.1 Å². The number of carboxylic acid groups (broad SMARTS) is 1. The molecule has 1 aromatic carbocycles. The van der Waals surface area contributed by atoms with Crippen molar-refractivity contribution in [1.82, 2.24) is 5.32 Å². The second-order valence-electron chi connectivity index (χ2n) is 6.92. The number of rotatable bonds is 4. The Morgan fingerprint density at radius 1 is 1.32 bits per heavy atom. The molecule has 1 amide bonds. The summed E-state index contributed by atoms with van der Waals surface area (Å²) in [5.74, 6) is -0.0349. The molecular weight excluding hydrogens is 338 g/mol. The lowest BCUT2D eigenvalue weighted by Crippen LogP contribution is -2.32. The summed E-state index contributed by atoms with van der Waals surface area (Å²) in [5.41, 5.74) is 1.59. The number of hydrogen-bond donors (Lipinski definition) is 2. The van der Waals surface area contributed by atoms with Crippen LogP contribution in [0.2, 0.25) is 0 Å². The normalized spacial score (nSPS) is 23.8. The molecule has 0 aromatic heterocycles. The molecule has 1 saturated carbocycles. The van der Waals surface area contributed by atoms with Gasteiger partial charge in [0.25, 0.3) is 0 Å². The molecule has 3 atom stereocenters. The molecule has 25 heavy (non-hydrogen) atoms. The van der Waals surface area contributed by atoms with Crippen LogP contribution < -0.4 is 5.32 Å². The quantitative estimate of drug-likeness (QED) is 0.861. The van der Waals surface area contributed by atoms with E-state index in [1.165, 1.54) is 6.42 Å². The second-order valence-corrected chi connectivity index (χ2v) is 7.98. The molecule has 3 unspecified atom stereocenters. The van der Waals surface area contributed by atoms with E-state index in [9.17, 15) is 14.4 Å². The fraction of sp³-hybridized carbons (Fsp3) is 0.526. The van der Waals surface area contributed by atoms with E-state index >= 15 is 0 Å². The Morgan fingerprint density at radius 3 is 2.84 bits per heavy atom. The number of carbonyl (C=O) groups excluding carboxylic acids is 2. The van der Waals surface area contributed by atoms with Gasteiger partial charge in [0.05, 0.1) is 5.92 Å². The van der Waals surface area contributed by atoms with Crippen molar-refractivity contribution in [2.24, 2.45) is 11.8 Å². The highest BCUT2D eigenvalue weighted by molar-refractivity contribution is 7.99. The predicted molar refractivity (Wildman–Crippen MR) is 96.0 cm³/mol. The number of benzene rings is 1. The summed E-state index contributed by atoms with van der Waals surface area (Å²) in [6, 6.07) is 5.60. The van der Waals surface area contributed by atoms with Gasteiger partial charge in [0.15, 0.2) is 5.78 Å². The van der Waals surface area contributed by atoms with Crippen molar-refractivity contribution in [2.75, 3.05) is 12.3 Å². The molecule has 0 radical (unpaired) electrons. The number of aliphatic carboxylic acids is 1. The Kier molecular flexibility index (Phi) is 5.47. The highest BCUT2D eigenvalue weighted by atomic mass is 32.2. The van der Waals surface area contributed by atoms with Crippen molar-refractivity contribution >= 4 is 29.4 Å². The van der Waals surface area contributed by atoms with E-state index in [0.717, 1.165) is 41.0 Å². The van der Waals surface area contributed by atoms with Crippen molar-refractivity contribution in [1.29, 1.82) is 0 Å². The molecule has 2 aliphatic rings. The predicted octanol–water partition coefficient (Wildman–Crippen LogP) is 3.09. The molecule has 1 fully saturated rings. The van der Waals surface area contributed by atoms with Crippen LogP contribution in [0.5, 0.6) is 0 Å². The number of amides is 1. The van der Waals surface area contributed by atoms with Gasteiger partial charge in [0.2, 0.25) is 5.91 Å². The van der Waals surface area contributed by atoms with Crippen LogP contribution in [0.25, 0.3) is 0 Å². The lowest BCUT2D eigenvalue weighted by Gasteiger charge is -2.28. The van der Waals surface area contributed by atoms with E-state index in [2.05, 4.69) is 5.32 Å². The molecule has 1 aromatic rings. The van der Waals surface area contributed by atoms with Crippen molar-refractivity contribution in [3.05, 3.63) is 29.3 Å². The Morgan fingerprint density at radius 2 is 2.08 bits per heavy atom. The van der Waals surface area contributed by atoms with Crippen LogP contribution >= 0.6 is 11.8 Å². The smallest absolute Gasteiger partial charge is 0.322 e. The average Bonchev–Trinajstić information content (AvgIpc) is 2.76. The largest absolute Gasteiger partial charge is 0.480 e. The standard InChI is InChI=1S/C19H23NO4S/c1-11(19(24)20-9-17(21)22)12-6-7-15-16(8-12)25-10-13-4-2-3-5-14(13)18(15)23/h6-8,11,13-14H,2-5,9-10H2,1H3,(H,20,24)(H,21,22). The summed E-state index contributed by atoms with van der Waals surface area (Å²) < 4.78 is 0. The van der Waals surface area contributed by atoms with Crippen LogP contribution in [0.1, 0.15) is 54.4 Å². The average molecular weight is 361 g/mol. The third-order valence-electron chi connectivity index (χ3n) is 5.28. The lowest BCUT2D eigenvalue weighted by molar-refractivity contribution is -0.138. The molecule has 0 bridgehead atoms. The van der Waals surface area contributed by atoms with E-state index in [4.69, 9.17) is 5.11 Å². The van der Waals surface area contributed by atoms with Gasteiger partial charge in [0.1, 0.15) is 6.54 Å². The first-order valence-corrected chi connectivity index (χ1v) is 9.76. The Balaban J connectivity index is 1.80. The first kappa shape index (κ1) is 18.0. The number of ketones is 1. The topological polar surface area (TPSA) is 83.5 Å². The van der Waals surface area contributed by atoms with Gasteiger partial charge in [-0.15, -0.1) is 11.8 Å². The highest BCUT2D eigenvalue weighted by Gasteiger charge is 2.35. The van der Waals surface area contributed by atoms with Gasteiger partial charge in [-0.2, -0.15) is 0 Å². The molecule has 1 aliphatic heterocycles. The molecule has 3 rings (SSSR count). The van der Waals surface area contributed by atoms with Gasteiger partial charge in [-0.25, -0.2) is 0 Å². The van der Waals surface area contributed by atoms with Crippen LogP contribution in [0, 0.1) is 11.8 Å². The zero-order valence-corrected chi connectivity index (χ0v) is 15.1. The monoisotopic (exact) mass is 361 g/mol. The number of fused-ring (bicyclic) bond motifs is 2. The van der Waals surface area contributed by atoms with E-state index in [0.29, 0.717) is 5.92 Å². The summed E-state index contributed by atoms with van der Waals surface area (Å²) in [6.07, 6.45) is 4.45.